The summed E-state index contributed by atoms with van der Waals surface area (Å²) >= 11 is 6.06. The Morgan fingerprint density at radius 2 is 2.24 bits per heavy atom. The second-order valence-corrected chi connectivity index (χ2v) is 5.15. The first kappa shape index (κ1) is 12.4. The number of hydrogen-bond acceptors (Lipinski definition) is 3. The largest absolute Gasteiger partial charge is 0.365 e. The number of anilines is 1. The van der Waals surface area contributed by atoms with Crippen LogP contribution in [0.4, 0.5) is 5.82 Å². The fourth-order valence-corrected chi connectivity index (χ4v) is 2.73. The summed E-state index contributed by atoms with van der Waals surface area (Å²) in [7, 11) is 1.72. The van der Waals surface area contributed by atoms with Crippen molar-refractivity contribution in [1.29, 1.82) is 0 Å². The Morgan fingerprint density at radius 3 is 2.88 bits per heavy atom. The maximum Gasteiger partial charge on any atom is 0.293 e. The number of halogens is 1. The summed E-state index contributed by atoms with van der Waals surface area (Å²) in [6.07, 6.45) is 8.02. The van der Waals surface area contributed by atoms with Crippen LogP contribution < -0.4 is 10.9 Å². The van der Waals surface area contributed by atoms with Crippen LogP contribution in [0, 0.1) is 5.41 Å². The molecular weight excluding hydrogens is 238 g/mol. The molecule has 1 aliphatic rings. The molecular formula is C12H18ClN3O. The predicted molar refractivity (Wildman–Crippen MR) is 69.6 cm³/mol. The molecule has 1 heterocycles. The van der Waals surface area contributed by atoms with Gasteiger partial charge in [-0.2, -0.15) is 0 Å². The molecule has 2 rings (SSSR count). The number of hydrogen-bond donors (Lipinski definition) is 1. The lowest BCUT2D eigenvalue weighted by atomic mass is 9.88. The van der Waals surface area contributed by atoms with Gasteiger partial charge in [0.1, 0.15) is 0 Å². The van der Waals surface area contributed by atoms with E-state index < -0.39 is 0 Å². The molecule has 0 saturated heterocycles. The highest BCUT2D eigenvalue weighted by Gasteiger charge is 2.33. The number of aryl methyl sites for hydroxylation is 1. The van der Waals surface area contributed by atoms with Crippen LogP contribution in [0.2, 0.25) is 0 Å². The van der Waals surface area contributed by atoms with Crippen molar-refractivity contribution < 1.29 is 0 Å². The van der Waals surface area contributed by atoms with Crippen molar-refractivity contribution in [2.45, 2.75) is 25.7 Å². The van der Waals surface area contributed by atoms with Crippen LogP contribution in [0.25, 0.3) is 0 Å². The van der Waals surface area contributed by atoms with Gasteiger partial charge in [-0.05, 0) is 12.8 Å². The lowest BCUT2D eigenvalue weighted by Gasteiger charge is -2.26. The number of nitrogens with zero attached hydrogens (tertiary/aromatic N) is 2. The average Bonchev–Trinajstić information content (AvgIpc) is 2.81. The van der Waals surface area contributed by atoms with Gasteiger partial charge in [-0.1, -0.05) is 12.8 Å². The summed E-state index contributed by atoms with van der Waals surface area (Å²) in [6.45, 7) is 0.739. The average molecular weight is 256 g/mol. The quantitative estimate of drug-likeness (QED) is 0.837. The maximum absolute atomic E-state index is 11.8. The lowest BCUT2D eigenvalue weighted by Crippen LogP contribution is -2.31. The molecule has 0 amide bonds. The highest BCUT2D eigenvalue weighted by Crippen LogP contribution is 2.38. The smallest absolute Gasteiger partial charge is 0.293 e. The molecule has 0 aromatic carbocycles. The zero-order valence-corrected chi connectivity index (χ0v) is 10.8. The summed E-state index contributed by atoms with van der Waals surface area (Å²) in [5.41, 5.74) is 0.0552. The normalized spacial score (nSPS) is 18.2. The zero-order valence-electron chi connectivity index (χ0n) is 10.1. The Bertz CT molecular complexity index is 438. The third kappa shape index (κ3) is 2.63. The topological polar surface area (TPSA) is 46.9 Å². The van der Waals surface area contributed by atoms with E-state index in [4.69, 9.17) is 11.6 Å². The summed E-state index contributed by atoms with van der Waals surface area (Å²) in [5, 5.41) is 3.16. The molecule has 0 aliphatic heterocycles. The molecule has 0 radical (unpaired) electrons. The van der Waals surface area contributed by atoms with Crippen LogP contribution >= 0.6 is 11.6 Å². The summed E-state index contributed by atoms with van der Waals surface area (Å²) in [4.78, 5) is 15.8. The Balaban J connectivity index is 2.07. The van der Waals surface area contributed by atoms with Gasteiger partial charge in [0.2, 0.25) is 0 Å². The van der Waals surface area contributed by atoms with Gasteiger partial charge in [0, 0.05) is 37.3 Å². The fourth-order valence-electron chi connectivity index (χ4n) is 2.37. The molecule has 0 atom stereocenters. The van der Waals surface area contributed by atoms with Crippen molar-refractivity contribution >= 4 is 17.4 Å². The highest BCUT2D eigenvalue weighted by molar-refractivity contribution is 6.18. The summed E-state index contributed by atoms with van der Waals surface area (Å²) in [6, 6.07) is 0. The van der Waals surface area contributed by atoms with Crippen LogP contribution in [-0.2, 0) is 7.05 Å². The molecule has 1 fully saturated rings. The molecule has 0 bridgehead atoms. The van der Waals surface area contributed by atoms with Gasteiger partial charge in [0.15, 0.2) is 5.82 Å². The molecule has 0 spiro atoms. The van der Waals surface area contributed by atoms with E-state index in [9.17, 15) is 4.79 Å². The third-order valence-electron chi connectivity index (χ3n) is 3.60. The number of nitrogens with one attached hydrogen (secondary N) is 1. The molecule has 4 nitrogen and oxygen atoms in total. The van der Waals surface area contributed by atoms with Gasteiger partial charge in [0.05, 0.1) is 0 Å². The van der Waals surface area contributed by atoms with E-state index in [1.54, 1.807) is 19.4 Å². The molecule has 5 heteroatoms. The Morgan fingerprint density at radius 1 is 1.53 bits per heavy atom. The van der Waals surface area contributed by atoms with Crippen LogP contribution in [0.5, 0.6) is 0 Å². The van der Waals surface area contributed by atoms with E-state index in [-0.39, 0.29) is 11.0 Å². The second-order valence-electron chi connectivity index (χ2n) is 4.89. The van der Waals surface area contributed by atoms with E-state index in [0.29, 0.717) is 11.7 Å². The Kier molecular flexibility index (Phi) is 3.72. The van der Waals surface area contributed by atoms with Gasteiger partial charge < -0.3 is 9.88 Å². The second kappa shape index (κ2) is 5.08. The first-order valence-electron chi connectivity index (χ1n) is 5.98. The van der Waals surface area contributed by atoms with Gasteiger partial charge in [-0.3, -0.25) is 4.79 Å². The van der Waals surface area contributed by atoms with Crippen molar-refractivity contribution in [1.82, 2.24) is 9.55 Å². The lowest BCUT2D eigenvalue weighted by molar-refractivity contribution is 0.368. The number of alkyl halides is 1. The summed E-state index contributed by atoms with van der Waals surface area (Å²) in [5.74, 6) is 1.07. The first-order chi connectivity index (χ1) is 8.17. The van der Waals surface area contributed by atoms with Crippen LogP contribution in [0.15, 0.2) is 17.2 Å². The van der Waals surface area contributed by atoms with Gasteiger partial charge in [-0.25, -0.2) is 4.98 Å². The van der Waals surface area contributed by atoms with Crippen molar-refractivity contribution in [2.75, 3.05) is 17.7 Å². The maximum atomic E-state index is 11.8. The summed E-state index contributed by atoms with van der Waals surface area (Å²) < 4.78 is 1.53. The molecule has 1 N–H and O–H groups in total. The van der Waals surface area contributed by atoms with Crippen molar-refractivity contribution in [3.8, 4) is 0 Å². The predicted octanol–water partition coefficient (Wildman–Crippen LogP) is 1.99. The fraction of sp³-hybridized carbons (Fsp3) is 0.667. The van der Waals surface area contributed by atoms with E-state index in [2.05, 4.69) is 10.3 Å². The SMILES string of the molecule is Cn1ccnc(NCC2(CCl)CCCC2)c1=O. The van der Waals surface area contributed by atoms with Crippen LogP contribution in [-0.4, -0.2) is 22.0 Å². The monoisotopic (exact) mass is 255 g/mol. The van der Waals surface area contributed by atoms with E-state index in [0.717, 1.165) is 19.4 Å². The van der Waals surface area contributed by atoms with Gasteiger partial charge in [-0.15, -0.1) is 11.6 Å². The van der Waals surface area contributed by atoms with E-state index in [1.807, 2.05) is 0 Å². The minimum absolute atomic E-state index is 0.0878. The van der Waals surface area contributed by atoms with Crippen LogP contribution in [0.1, 0.15) is 25.7 Å². The molecule has 1 aliphatic carbocycles. The van der Waals surface area contributed by atoms with E-state index in [1.165, 1.54) is 17.4 Å². The Hall–Kier alpha value is -1.03. The molecule has 1 aromatic rings. The number of rotatable bonds is 4. The number of aromatic nitrogens is 2. The molecule has 94 valence electrons. The van der Waals surface area contributed by atoms with Crippen molar-refractivity contribution in [2.24, 2.45) is 12.5 Å². The minimum Gasteiger partial charge on any atom is -0.365 e. The van der Waals surface area contributed by atoms with Gasteiger partial charge >= 0.3 is 0 Å². The minimum atomic E-state index is -0.0878. The highest BCUT2D eigenvalue weighted by atomic mass is 35.5. The zero-order chi connectivity index (χ0) is 12.3. The first-order valence-corrected chi connectivity index (χ1v) is 6.52. The van der Waals surface area contributed by atoms with Crippen molar-refractivity contribution in [3.05, 3.63) is 22.7 Å². The molecule has 0 unspecified atom stereocenters. The molecule has 17 heavy (non-hydrogen) atoms. The van der Waals surface area contributed by atoms with Gasteiger partial charge in [0.25, 0.3) is 5.56 Å². The Labute approximate surface area is 106 Å². The molecule has 1 aromatic heterocycles. The standard InChI is InChI=1S/C12H18ClN3O/c1-16-7-6-14-10(11(16)17)15-9-12(8-13)4-2-3-5-12/h6-7H,2-5,8-9H2,1H3,(H,14,15). The van der Waals surface area contributed by atoms with Crippen molar-refractivity contribution in [3.63, 3.8) is 0 Å². The van der Waals surface area contributed by atoms with E-state index >= 15 is 0 Å². The van der Waals surface area contributed by atoms with Crippen LogP contribution in [0.3, 0.4) is 0 Å². The molecule has 1 saturated carbocycles. The third-order valence-corrected chi connectivity index (χ3v) is 4.16.